The number of hydrogen-bond acceptors (Lipinski definition) is 3. The van der Waals surface area contributed by atoms with Gasteiger partial charge in [0.05, 0.1) is 18.8 Å². The molecule has 0 aromatic heterocycles. The third-order valence-electron chi connectivity index (χ3n) is 4.77. The van der Waals surface area contributed by atoms with Crippen molar-refractivity contribution in [3.63, 3.8) is 0 Å². The van der Waals surface area contributed by atoms with E-state index in [1.807, 2.05) is 13.8 Å². The lowest BCUT2D eigenvalue weighted by Crippen LogP contribution is -2.64. The van der Waals surface area contributed by atoms with Crippen LogP contribution in [0.15, 0.2) is 0 Å². The van der Waals surface area contributed by atoms with E-state index in [0.717, 1.165) is 12.8 Å². The minimum absolute atomic E-state index is 0.291. The maximum Gasteiger partial charge on any atom is 0.329 e. The lowest BCUT2D eigenvalue weighted by atomic mass is 9.77. The fourth-order valence-corrected chi connectivity index (χ4v) is 3.15. The van der Waals surface area contributed by atoms with E-state index >= 15 is 0 Å². The Kier molecular flexibility index (Phi) is 4.46. The second kappa shape index (κ2) is 5.83. The smallest absolute Gasteiger partial charge is 0.329 e. The number of nitrogens with one attached hydrogen (secondary N) is 1. The number of carboxylic acid groups (broad SMARTS) is 1. The molecule has 21 heavy (non-hydrogen) atoms. The number of amides is 2. The van der Waals surface area contributed by atoms with Crippen LogP contribution in [0, 0.1) is 5.92 Å². The molecule has 120 valence electrons. The van der Waals surface area contributed by atoms with Crippen molar-refractivity contribution in [1.29, 1.82) is 0 Å². The van der Waals surface area contributed by atoms with Gasteiger partial charge in [-0.05, 0) is 45.4 Å². The molecule has 0 radical (unpaired) electrons. The summed E-state index contributed by atoms with van der Waals surface area (Å²) in [6.07, 6.45) is 2.66. The Hall–Kier alpha value is -1.30. The van der Waals surface area contributed by atoms with Crippen molar-refractivity contribution in [2.75, 3.05) is 19.8 Å². The number of nitrogens with zero attached hydrogens (tertiary/aromatic N) is 1. The number of hydrogen-bond donors (Lipinski definition) is 2. The molecule has 0 spiro atoms. The molecule has 1 saturated heterocycles. The number of aliphatic carboxylic acids is 1. The molecule has 6 heteroatoms. The molecule has 6 nitrogen and oxygen atoms in total. The van der Waals surface area contributed by atoms with Gasteiger partial charge in [-0.15, -0.1) is 0 Å². The van der Waals surface area contributed by atoms with Gasteiger partial charge in [0.25, 0.3) is 0 Å². The largest absolute Gasteiger partial charge is 0.480 e. The number of carbonyl (C=O) groups is 2. The van der Waals surface area contributed by atoms with Gasteiger partial charge in [-0.3, -0.25) is 0 Å². The summed E-state index contributed by atoms with van der Waals surface area (Å²) in [5.41, 5.74) is -1.53. The Balaban J connectivity index is 2.10. The van der Waals surface area contributed by atoms with Crippen molar-refractivity contribution in [3.8, 4) is 0 Å². The first kappa shape index (κ1) is 16.1. The quantitative estimate of drug-likeness (QED) is 0.815. The zero-order valence-electron chi connectivity index (χ0n) is 13.1. The molecule has 0 aromatic rings. The fraction of sp³-hybridized carbons (Fsp3) is 0.867. The van der Waals surface area contributed by atoms with E-state index in [-0.39, 0.29) is 6.03 Å². The normalized spacial score (nSPS) is 32.5. The third-order valence-corrected chi connectivity index (χ3v) is 4.77. The lowest BCUT2D eigenvalue weighted by molar-refractivity contribution is -0.146. The molecule has 0 atom stereocenters. The molecule has 1 saturated carbocycles. The van der Waals surface area contributed by atoms with Crippen LogP contribution in [-0.4, -0.2) is 52.8 Å². The molecule has 2 rings (SSSR count). The maximum absolute atomic E-state index is 12.6. The minimum atomic E-state index is -1.11. The molecule has 2 amide bonds. The first-order valence-electron chi connectivity index (χ1n) is 7.68. The highest BCUT2D eigenvalue weighted by atomic mass is 16.5. The summed E-state index contributed by atoms with van der Waals surface area (Å²) in [5.74, 6) is -0.400. The molecule has 0 unspecified atom stereocenters. The van der Waals surface area contributed by atoms with Crippen LogP contribution in [0.2, 0.25) is 0 Å². The van der Waals surface area contributed by atoms with Gasteiger partial charge in [0, 0.05) is 6.54 Å². The summed E-state index contributed by atoms with van der Waals surface area (Å²) in [6, 6.07) is -0.291. The topological polar surface area (TPSA) is 78.9 Å². The maximum atomic E-state index is 12.6. The van der Waals surface area contributed by atoms with Gasteiger partial charge < -0.3 is 20.1 Å². The summed E-state index contributed by atoms with van der Waals surface area (Å²) in [6.45, 7) is 7.44. The second-order valence-corrected chi connectivity index (χ2v) is 7.02. The Morgan fingerprint density at radius 1 is 1.29 bits per heavy atom. The van der Waals surface area contributed by atoms with Crippen molar-refractivity contribution in [3.05, 3.63) is 0 Å². The number of morpholine rings is 1. The number of urea groups is 1. The van der Waals surface area contributed by atoms with Gasteiger partial charge in [0.15, 0.2) is 0 Å². The third kappa shape index (κ3) is 3.31. The van der Waals surface area contributed by atoms with E-state index in [9.17, 15) is 14.7 Å². The van der Waals surface area contributed by atoms with Crippen LogP contribution in [0.25, 0.3) is 0 Å². The average Bonchev–Trinajstić information content (AvgIpc) is 2.40. The number of ether oxygens (including phenoxy) is 1. The van der Waals surface area contributed by atoms with Gasteiger partial charge in [-0.1, -0.05) is 6.92 Å². The summed E-state index contributed by atoms with van der Waals surface area (Å²) in [7, 11) is 0. The van der Waals surface area contributed by atoms with Crippen molar-refractivity contribution in [2.45, 2.75) is 57.5 Å². The molecular weight excluding hydrogens is 272 g/mol. The fourth-order valence-electron chi connectivity index (χ4n) is 3.15. The van der Waals surface area contributed by atoms with Crippen LogP contribution >= 0.6 is 0 Å². The molecule has 2 aliphatic rings. The molecule has 1 aliphatic carbocycles. The molecular formula is C15H26N2O4. The number of carboxylic acids is 1. The van der Waals surface area contributed by atoms with Crippen LogP contribution in [0.5, 0.6) is 0 Å². The van der Waals surface area contributed by atoms with E-state index in [1.165, 1.54) is 0 Å². The number of rotatable bonds is 2. The summed E-state index contributed by atoms with van der Waals surface area (Å²) >= 11 is 0. The molecule has 1 aliphatic heterocycles. The monoisotopic (exact) mass is 298 g/mol. The predicted octanol–water partition coefficient (Wildman–Crippen LogP) is 1.84. The van der Waals surface area contributed by atoms with Gasteiger partial charge in [0.1, 0.15) is 5.54 Å². The van der Waals surface area contributed by atoms with E-state index in [1.54, 1.807) is 4.90 Å². The SMILES string of the molecule is CC1CCC(NC(=O)N2CCOCC2(C)C)(C(=O)O)CC1. The standard InChI is InChI=1S/C15H26N2O4/c1-11-4-6-15(7-5-11,12(18)19)16-13(20)17-8-9-21-10-14(17,2)3/h11H,4-10H2,1-3H3,(H,16,20)(H,18,19). The van der Waals surface area contributed by atoms with Crippen molar-refractivity contribution >= 4 is 12.0 Å². The number of carbonyl (C=O) groups excluding carboxylic acids is 1. The van der Waals surface area contributed by atoms with Crippen LogP contribution in [0.1, 0.15) is 46.5 Å². The molecule has 2 fully saturated rings. The zero-order chi connectivity index (χ0) is 15.7. The molecule has 1 heterocycles. The van der Waals surface area contributed by atoms with E-state index in [4.69, 9.17) is 4.74 Å². The Labute approximate surface area is 125 Å². The highest BCUT2D eigenvalue weighted by Crippen LogP contribution is 2.33. The predicted molar refractivity (Wildman–Crippen MR) is 78.1 cm³/mol. The molecule has 0 bridgehead atoms. The second-order valence-electron chi connectivity index (χ2n) is 7.02. The van der Waals surface area contributed by atoms with Crippen LogP contribution < -0.4 is 5.32 Å². The van der Waals surface area contributed by atoms with Crippen molar-refractivity contribution in [2.24, 2.45) is 5.92 Å². The van der Waals surface area contributed by atoms with Crippen LogP contribution in [0.4, 0.5) is 4.79 Å². The highest BCUT2D eigenvalue weighted by molar-refractivity contribution is 5.86. The first-order chi connectivity index (χ1) is 9.77. The minimum Gasteiger partial charge on any atom is -0.480 e. The lowest BCUT2D eigenvalue weighted by Gasteiger charge is -2.44. The Morgan fingerprint density at radius 3 is 2.43 bits per heavy atom. The van der Waals surface area contributed by atoms with E-state index < -0.39 is 17.0 Å². The summed E-state index contributed by atoms with van der Waals surface area (Å²) < 4.78 is 5.40. The van der Waals surface area contributed by atoms with Crippen molar-refractivity contribution < 1.29 is 19.4 Å². The summed E-state index contributed by atoms with van der Waals surface area (Å²) in [5, 5.41) is 12.4. The van der Waals surface area contributed by atoms with E-state index in [2.05, 4.69) is 12.2 Å². The van der Waals surface area contributed by atoms with Crippen LogP contribution in [0.3, 0.4) is 0 Å². The van der Waals surface area contributed by atoms with Gasteiger partial charge in [-0.25, -0.2) is 9.59 Å². The molecule has 2 N–H and O–H groups in total. The Morgan fingerprint density at radius 2 is 1.90 bits per heavy atom. The Bertz CT molecular complexity index is 414. The zero-order valence-corrected chi connectivity index (χ0v) is 13.1. The van der Waals surface area contributed by atoms with Crippen molar-refractivity contribution in [1.82, 2.24) is 10.2 Å². The summed E-state index contributed by atoms with van der Waals surface area (Å²) in [4.78, 5) is 26.0. The van der Waals surface area contributed by atoms with E-state index in [0.29, 0.717) is 38.5 Å². The van der Waals surface area contributed by atoms with Gasteiger partial charge >= 0.3 is 12.0 Å². The van der Waals surface area contributed by atoms with Crippen LogP contribution in [-0.2, 0) is 9.53 Å². The van der Waals surface area contributed by atoms with Gasteiger partial charge in [-0.2, -0.15) is 0 Å². The molecule has 0 aromatic carbocycles. The van der Waals surface area contributed by atoms with Gasteiger partial charge in [0.2, 0.25) is 0 Å². The first-order valence-corrected chi connectivity index (χ1v) is 7.68. The average molecular weight is 298 g/mol. The highest BCUT2D eigenvalue weighted by Gasteiger charge is 2.45.